The van der Waals surface area contributed by atoms with Crippen molar-refractivity contribution < 1.29 is 27.0 Å². The quantitative estimate of drug-likeness (QED) is 0.470. The molecular formula is C27H27F4N3O2. The number of halogens is 4. The Balaban J connectivity index is 1.19. The molecule has 3 aliphatic heterocycles. The van der Waals surface area contributed by atoms with E-state index in [0.29, 0.717) is 31.8 Å². The molecule has 2 aromatic carbocycles. The summed E-state index contributed by atoms with van der Waals surface area (Å²) in [6.45, 7) is 2.75. The molecule has 0 radical (unpaired) electrons. The SMILES string of the molecule is N#Cc1ccc(N2CCC(c3ccc(N4CCC(C5OC=CO5)CC4)cc3)CC2)c(F)c1C(F)(F)F. The second-order valence-electron chi connectivity index (χ2n) is 9.52. The molecule has 0 N–H and O–H groups in total. The van der Waals surface area contributed by atoms with Gasteiger partial charge in [-0.3, -0.25) is 0 Å². The van der Waals surface area contributed by atoms with Crippen molar-refractivity contribution in [3.8, 4) is 6.07 Å². The summed E-state index contributed by atoms with van der Waals surface area (Å²) in [6.07, 6.45) is 1.51. The van der Waals surface area contributed by atoms with Gasteiger partial charge in [-0.25, -0.2) is 4.39 Å². The van der Waals surface area contributed by atoms with E-state index in [2.05, 4.69) is 29.2 Å². The van der Waals surface area contributed by atoms with Crippen molar-refractivity contribution in [1.82, 2.24) is 0 Å². The number of anilines is 2. The van der Waals surface area contributed by atoms with E-state index in [9.17, 15) is 17.6 Å². The number of hydrogen-bond acceptors (Lipinski definition) is 5. The summed E-state index contributed by atoms with van der Waals surface area (Å²) >= 11 is 0. The minimum Gasteiger partial charge on any atom is -0.459 e. The number of nitriles is 1. The van der Waals surface area contributed by atoms with Crippen molar-refractivity contribution in [2.24, 2.45) is 5.92 Å². The Labute approximate surface area is 207 Å². The topological polar surface area (TPSA) is 48.7 Å². The molecule has 0 saturated carbocycles. The van der Waals surface area contributed by atoms with E-state index in [-0.39, 0.29) is 17.9 Å². The predicted octanol–water partition coefficient (Wildman–Crippen LogP) is 6.16. The fraction of sp³-hybridized carbons (Fsp3) is 0.444. The predicted molar refractivity (Wildman–Crippen MR) is 127 cm³/mol. The Hall–Kier alpha value is -3.41. The number of nitrogens with zero attached hydrogens (tertiary/aromatic N) is 3. The van der Waals surface area contributed by atoms with Crippen molar-refractivity contribution in [2.75, 3.05) is 36.0 Å². The van der Waals surface area contributed by atoms with Crippen LogP contribution in [0.15, 0.2) is 48.9 Å². The molecule has 0 unspecified atom stereocenters. The molecule has 0 aliphatic carbocycles. The summed E-state index contributed by atoms with van der Waals surface area (Å²) in [4.78, 5) is 4.01. The average Bonchev–Trinajstić information content (AvgIpc) is 3.43. The van der Waals surface area contributed by atoms with Crippen LogP contribution in [0.4, 0.5) is 28.9 Å². The highest BCUT2D eigenvalue weighted by Gasteiger charge is 2.39. The highest BCUT2D eigenvalue weighted by molar-refractivity contribution is 5.57. The van der Waals surface area contributed by atoms with Gasteiger partial charge in [0.05, 0.1) is 17.3 Å². The van der Waals surface area contributed by atoms with Gasteiger partial charge in [-0.05, 0) is 61.4 Å². The van der Waals surface area contributed by atoms with Crippen LogP contribution in [-0.2, 0) is 15.7 Å². The second-order valence-corrected chi connectivity index (χ2v) is 9.52. The van der Waals surface area contributed by atoms with E-state index >= 15 is 0 Å². The lowest BCUT2D eigenvalue weighted by molar-refractivity contribution is -0.140. The van der Waals surface area contributed by atoms with Gasteiger partial charge in [-0.1, -0.05) is 12.1 Å². The van der Waals surface area contributed by atoms with Crippen LogP contribution in [0.1, 0.15) is 48.3 Å². The zero-order valence-corrected chi connectivity index (χ0v) is 19.7. The summed E-state index contributed by atoms with van der Waals surface area (Å²) in [7, 11) is 0. The second kappa shape index (κ2) is 9.92. The van der Waals surface area contributed by atoms with Crippen LogP contribution >= 0.6 is 0 Å². The maximum Gasteiger partial charge on any atom is 0.420 e. The van der Waals surface area contributed by atoms with Gasteiger partial charge < -0.3 is 19.3 Å². The van der Waals surface area contributed by atoms with Crippen molar-refractivity contribution in [3.63, 3.8) is 0 Å². The maximum atomic E-state index is 14.8. The Morgan fingerprint density at radius 2 is 1.44 bits per heavy atom. The number of ether oxygens (including phenoxy) is 2. The van der Waals surface area contributed by atoms with Gasteiger partial charge in [-0.15, -0.1) is 0 Å². The van der Waals surface area contributed by atoms with E-state index < -0.39 is 23.1 Å². The van der Waals surface area contributed by atoms with Gasteiger partial charge in [0.15, 0.2) is 5.82 Å². The monoisotopic (exact) mass is 501 g/mol. The highest BCUT2D eigenvalue weighted by Crippen LogP contribution is 2.39. The van der Waals surface area contributed by atoms with Gasteiger partial charge in [0, 0.05) is 37.8 Å². The minimum absolute atomic E-state index is 0.0947. The zero-order valence-electron chi connectivity index (χ0n) is 19.7. The van der Waals surface area contributed by atoms with Gasteiger partial charge in [-0.2, -0.15) is 18.4 Å². The minimum atomic E-state index is -4.92. The Morgan fingerprint density at radius 1 is 0.833 bits per heavy atom. The third kappa shape index (κ3) is 4.81. The molecule has 5 rings (SSSR count). The van der Waals surface area contributed by atoms with Gasteiger partial charge in [0.2, 0.25) is 6.29 Å². The molecule has 36 heavy (non-hydrogen) atoms. The normalized spacial score (nSPS) is 19.8. The van der Waals surface area contributed by atoms with Crippen LogP contribution in [-0.4, -0.2) is 32.5 Å². The lowest BCUT2D eigenvalue weighted by Gasteiger charge is -2.36. The largest absolute Gasteiger partial charge is 0.459 e. The van der Waals surface area contributed by atoms with E-state index in [1.807, 2.05) is 0 Å². The molecule has 190 valence electrons. The lowest BCUT2D eigenvalue weighted by Crippen LogP contribution is -2.38. The summed E-state index contributed by atoms with van der Waals surface area (Å²) in [5.74, 6) is -0.724. The molecule has 9 heteroatoms. The number of piperidine rings is 2. The first-order valence-electron chi connectivity index (χ1n) is 12.2. The standard InChI is InChI=1S/C27H27F4N3O2/c28-25-23(6-3-21(17-32)24(25)27(29,30)31)34-13-7-19(8-14-34)18-1-4-22(5-2-18)33-11-9-20(10-12-33)26-35-15-16-36-26/h1-6,15-16,19-20,26H,7-14H2. The lowest BCUT2D eigenvalue weighted by atomic mass is 9.88. The molecule has 0 amide bonds. The summed E-state index contributed by atoms with van der Waals surface area (Å²) in [5.41, 5.74) is 0.0795. The summed E-state index contributed by atoms with van der Waals surface area (Å²) in [5, 5.41) is 8.98. The first kappa shape index (κ1) is 24.3. The highest BCUT2D eigenvalue weighted by atomic mass is 19.4. The van der Waals surface area contributed by atoms with Gasteiger partial charge >= 0.3 is 6.18 Å². The molecule has 5 nitrogen and oxygen atoms in total. The van der Waals surface area contributed by atoms with Crippen LogP contribution in [0.2, 0.25) is 0 Å². The fourth-order valence-electron chi connectivity index (χ4n) is 5.49. The van der Waals surface area contributed by atoms with E-state index in [1.54, 1.807) is 17.4 Å². The number of hydrogen-bond donors (Lipinski definition) is 0. The maximum absolute atomic E-state index is 14.8. The first-order chi connectivity index (χ1) is 17.3. The van der Waals surface area contributed by atoms with Crippen molar-refractivity contribution >= 4 is 11.4 Å². The molecule has 0 spiro atoms. The van der Waals surface area contributed by atoms with Crippen LogP contribution in [0.25, 0.3) is 0 Å². The van der Waals surface area contributed by atoms with Gasteiger partial charge in [0.25, 0.3) is 0 Å². The average molecular weight is 502 g/mol. The first-order valence-corrected chi connectivity index (χ1v) is 12.2. The molecule has 3 aliphatic rings. The smallest absolute Gasteiger partial charge is 0.420 e. The molecule has 2 fully saturated rings. The molecule has 3 heterocycles. The number of benzene rings is 2. The molecule has 0 atom stereocenters. The number of alkyl halides is 3. The van der Waals surface area contributed by atoms with Crippen molar-refractivity contribution in [1.29, 1.82) is 5.26 Å². The van der Waals surface area contributed by atoms with Crippen LogP contribution < -0.4 is 9.80 Å². The van der Waals surface area contributed by atoms with Crippen molar-refractivity contribution in [2.45, 2.75) is 44.1 Å². The van der Waals surface area contributed by atoms with Gasteiger partial charge in [0.1, 0.15) is 18.1 Å². The van der Waals surface area contributed by atoms with E-state index in [4.69, 9.17) is 14.7 Å². The number of rotatable bonds is 4. The summed E-state index contributed by atoms with van der Waals surface area (Å²) in [6, 6.07) is 12.3. The molecule has 0 aromatic heterocycles. The Bertz CT molecular complexity index is 1140. The third-order valence-corrected chi connectivity index (χ3v) is 7.50. The zero-order chi connectivity index (χ0) is 25.3. The van der Waals surface area contributed by atoms with E-state index in [1.165, 1.54) is 23.4 Å². The van der Waals surface area contributed by atoms with Crippen molar-refractivity contribution in [3.05, 3.63) is 71.4 Å². The van der Waals surface area contributed by atoms with E-state index in [0.717, 1.165) is 32.0 Å². The molecule has 2 saturated heterocycles. The van der Waals surface area contributed by atoms with Crippen LogP contribution in [0.3, 0.4) is 0 Å². The van der Waals surface area contributed by atoms with Crippen LogP contribution in [0.5, 0.6) is 0 Å². The Kier molecular flexibility index (Phi) is 6.69. The Morgan fingerprint density at radius 3 is 2.03 bits per heavy atom. The molecule has 2 aromatic rings. The molecule has 0 bridgehead atoms. The van der Waals surface area contributed by atoms with Crippen LogP contribution in [0, 0.1) is 23.1 Å². The fourth-order valence-corrected chi connectivity index (χ4v) is 5.49. The summed E-state index contributed by atoms with van der Waals surface area (Å²) < 4.78 is 65.9. The third-order valence-electron chi connectivity index (χ3n) is 7.50. The molecular weight excluding hydrogens is 474 g/mol.